The van der Waals surface area contributed by atoms with Crippen LogP contribution in [0.15, 0.2) is 58.8 Å². The number of ether oxygens (including phenoxy) is 2. The van der Waals surface area contributed by atoms with E-state index in [2.05, 4.69) is 24.3 Å². The second kappa shape index (κ2) is 15.4. The van der Waals surface area contributed by atoms with Gasteiger partial charge in [-0.3, -0.25) is 0 Å². The molecule has 0 saturated carbocycles. The van der Waals surface area contributed by atoms with Gasteiger partial charge < -0.3 is 66.4 Å². The van der Waals surface area contributed by atoms with Gasteiger partial charge in [-0.1, -0.05) is 0 Å². The topological polar surface area (TPSA) is 43.2 Å². The van der Waals surface area contributed by atoms with Crippen molar-refractivity contribution in [1.82, 2.24) is 0 Å². The summed E-state index contributed by atoms with van der Waals surface area (Å²) >= 11 is 0. The highest BCUT2D eigenvalue weighted by Crippen LogP contribution is 2.24. The molecule has 6 nitrogen and oxygen atoms in total. The molecule has 2 aromatic carbocycles. The molecular formula is C28H42I2N4O2. The van der Waals surface area contributed by atoms with Crippen LogP contribution in [0.3, 0.4) is 0 Å². The van der Waals surface area contributed by atoms with Crippen LogP contribution in [0.25, 0.3) is 0 Å². The predicted octanol–water partition coefficient (Wildman–Crippen LogP) is 0.129. The first-order chi connectivity index (χ1) is 16.5. The summed E-state index contributed by atoms with van der Waals surface area (Å²) in [6.45, 7) is 8.74. The van der Waals surface area contributed by atoms with Gasteiger partial charge in [0.05, 0.1) is 51.6 Å². The summed E-state index contributed by atoms with van der Waals surface area (Å²) in [4.78, 5) is 0. The second-order valence-electron chi connectivity index (χ2n) is 10.6. The fourth-order valence-electron chi connectivity index (χ4n) is 5.10. The molecule has 0 atom stereocenters. The minimum atomic E-state index is 0. The van der Waals surface area contributed by atoms with Gasteiger partial charge in [0.15, 0.2) is 0 Å². The Morgan fingerprint density at radius 1 is 0.556 bits per heavy atom. The first-order valence-electron chi connectivity index (χ1n) is 13.1. The van der Waals surface area contributed by atoms with Gasteiger partial charge in [-0.15, -0.1) is 0 Å². The molecule has 2 aliphatic rings. The monoisotopic (exact) mass is 720 g/mol. The molecule has 2 aliphatic heterocycles. The lowest BCUT2D eigenvalue weighted by molar-refractivity contribution is -0.914. The number of nitrogens with zero attached hydrogens (tertiary/aromatic N) is 4. The summed E-state index contributed by atoms with van der Waals surface area (Å²) in [5, 5.41) is 8.73. The van der Waals surface area contributed by atoms with Crippen molar-refractivity contribution < 1.29 is 66.4 Å². The number of quaternary nitrogens is 2. The van der Waals surface area contributed by atoms with Crippen molar-refractivity contribution in [2.75, 3.05) is 66.6 Å². The van der Waals surface area contributed by atoms with E-state index in [4.69, 9.17) is 9.47 Å². The molecule has 2 saturated heterocycles. The summed E-state index contributed by atoms with van der Waals surface area (Å²) in [7, 11) is 4.70. The van der Waals surface area contributed by atoms with Crippen molar-refractivity contribution in [2.45, 2.75) is 38.5 Å². The van der Waals surface area contributed by atoms with Crippen LogP contribution in [0.5, 0.6) is 11.5 Å². The van der Waals surface area contributed by atoms with E-state index in [1.165, 1.54) is 64.7 Å². The Morgan fingerprint density at radius 3 is 1.22 bits per heavy atom. The molecule has 36 heavy (non-hydrogen) atoms. The predicted molar refractivity (Wildman–Crippen MR) is 137 cm³/mol. The summed E-state index contributed by atoms with van der Waals surface area (Å²) in [5.74, 6) is 1.79. The van der Waals surface area contributed by atoms with Crippen LogP contribution in [0.1, 0.15) is 38.5 Å². The Morgan fingerprint density at radius 2 is 0.889 bits per heavy atom. The highest BCUT2D eigenvalue weighted by atomic mass is 127. The van der Waals surface area contributed by atoms with Crippen molar-refractivity contribution in [2.24, 2.45) is 10.2 Å². The van der Waals surface area contributed by atoms with Gasteiger partial charge in [0.1, 0.15) is 37.8 Å². The maximum atomic E-state index is 5.98. The molecule has 8 heteroatoms. The lowest BCUT2D eigenvalue weighted by atomic mass is 10.1. The number of hydrogen-bond acceptors (Lipinski definition) is 4. The number of likely N-dealkylation sites (N-methyl/N-ethyl adjacent to an activating group) is 2. The van der Waals surface area contributed by atoms with Gasteiger partial charge in [0, 0.05) is 0 Å². The lowest BCUT2D eigenvalue weighted by Crippen LogP contribution is -3.00. The van der Waals surface area contributed by atoms with E-state index < -0.39 is 0 Å². The molecule has 0 aliphatic carbocycles. The summed E-state index contributed by atoms with van der Waals surface area (Å²) in [5.41, 5.74) is 1.64. The SMILES string of the molecule is C[N+]1(CCOc2ccc(N=Nc3ccc(OCC[N+]4(C)CCCCC4)cc3)cc2)CCCCC1.[I-].[I-]. The minimum Gasteiger partial charge on any atom is -1.00 e. The Balaban J connectivity index is 0.00000228. The zero-order valence-electron chi connectivity index (χ0n) is 21.9. The fourth-order valence-corrected chi connectivity index (χ4v) is 5.10. The molecule has 200 valence electrons. The van der Waals surface area contributed by atoms with E-state index in [1.54, 1.807) is 0 Å². The Hall–Kier alpha value is -0.980. The third kappa shape index (κ3) is 10.1. The number of rotatable bonds is 10. The number of azo groups is 1. The zero-order chi connectivity index (χ0) is 23.7. The van der Waals surface area contributed by atoms with Crippen molar-refractivity contribution in [3.8, 4) is 11.5 Å². The van der Waals surface area contributed by atoms with Gasteiger partial charge in [-0.05, 0) is 87.1 Å². The van der Waals surface area contributed by atoms with E-state index in [0.717, 1.165) is 58.1 Å². The van der Waals surface area contributed by atoms with Gasteiger partial charge in [0.25, 0.3) is 0 Å². The molecule has 0 aromatic heterocycles. The van der Waals surface area contributed by atoms with E-state index in [1.807, 2.05) is 48.5 Å². The third-order valence-corrected chi connectivity index (χ3v) is 7.55. The molecule has 0 N–H and O–H groups in total. The summed E-state index contributed by atoms with van der Waals surface area (Å²) < 4.78 is 14.2. The van der Waals surface area contributed by atoms with Crippen LogP contribution in [-0.2, 0) is 0 Å². The van der Waals surface area contributed by atoms with Crippen LogP contribution < -0.4 is 57.4 Å². The van der Waals surface area contributed by atoms with Crippen molar-refractivity contribution in [3.05, 3.63) is 48.5 Å². The molecule has 0 amide bonds. The second-order valence-corrected chi connectivity index (χ2v) is 10.6. The van der Waals surface area contributed by atoms with Crippen molar-refractivity contribution in [3.63, 3.8) is 0 Å². The average Bonchev–Trinajstić information content (AvgIpc) is 2.85. The molecule has 0 bridgehead atoms. The Kier molecular flexibility index (Phi) is 13.4. The summed E-state index contributed by atoms with van der Waals surface area (Å²) in [6.07, 6.45) is 8.11. The van der Waals surface area contributed by atoms with Gasteiger partial charge in [0.2, 0.25) is 0 Å². The fraction of sp³-hybridized carbons (Fsp3) is 0.571. The first-order valence-corrected chi connectivity index (χ1v) is 13.1. The standard InChI is InChI=1S/C28H42N4O2.2HI/c1-31(17-5-3-6-18-31)21-23-33-27-13-9-25(10-14-27)29-30-26-11-15-28(16-12-26)34-24-22-32(2)19-7-4-8-20-32;;/h9-16H,3-8,17-24H2,1-2H3;2*1H/q+2;;/p-2. The highest BCUT2D eigenvalue weighted by molar-refractivity contribution is 5.44. The molecule has 0 spiro atoms. The maximum absolute atomic E-state index is 5.98. The smallest absolute Gasteiger partial charge is 0.137 e. The molecule has 0 radical (unpaired) electrons. The van der Waals surface area contributed by atoms with E-state index in [0.29, 0.717) is 0 Å². The summed E-state index contributed by atoms with van der Waals surface area (Å²) in [6, 6.07) is 15.7. The van der Waals surface area contributed by atoms with Gasteiger partial charge in [-0.2, -0.15) is 10.2 Å². The van der Waals surface area contributed by atoms with Crippen LogP contribution in [0.2, 0.25) is 0 Å². The van der Waals surface area contributed by atoms with Crippen LogP contribution in [0, 0.1) is 0 Å². The van der Waals surface area contributed by atoms with Crippen LogP contribution >= 0.6 is 0 Å². The highest BCUT2D eigenvalue weighted by Gasteiger charge is 2.25. The number of piperidine rings is 2. The van der Waals surface area contributed by atoms with Crippen LogP contribution in [0.4, 0.5) is 11.4 Å². The largest absolute Gasteiger partial charge is 1.00 e. The average molecular weight is 720 g/mol. The molecule has 2 heterocycles. The van der Waals surface area contributed by atoms with E-state index in [-0.39, 0.29) is 48.0 Å². The molecule has 4 rings (SSSR count). The number of benzene rings is 2. The van der Waals surface area contributed by atoms with E-state index >= 15 is 0 Å². The zero-order valence-corrected chi connectivity index (χ0v) is 26.2. The maximum Gasteiger partial charge on any atom is 0.137 e. The van der Waals surface area contributed by atoms with Crippen LogP contribution in [-0.4, -0.2) is 75.5 Å². The molecule has 0 unspecified atom stereocenters. The molecular weight excluding hydrogens is 678 g/mol. The van der Waals surface area contributed by atoms with Crippen molar-refractivity contribution >= 4 is 11.4 Å². The van der Waals surface area contributed by atoms with Gasteiger partial charge >= 0.3 is 0 Å². The Bertz CT molecular complexity index is 835. The first kappa shape index (κ1) is 31.2. The van der Waals surface area contributed by atoms with E-state index in [9.17, 15) is 0 Å². The Labute approximate surface area is 251 Å². The number of hydrogen-bond donors (Lipinski definition) is 0. The number of halogens is 2. The quantitative estimate of drug-likeness (QED) is 0.199. The molecule has 2 aromatic rings. The molecule has 2 fully saturated rings. The lowest BCUT2D eigenvalue weighted by Gasteiger charge is -2.37. The normalized spacial score (nSPS) is 18.6. The number of likely N-dealkylation sites (tertiary alicyclic amines) is 2. The minimum absolute atomic E-state index is 0. The van der Waals surface area contributed by atoms with Gasteiger partial charge in [-0.25, -0.2) is 0 Å². The van der Waals surface area contributed by atoms with Crippen molar-refractivity contribution in [1.29, 1.82) is 0 Å². The third-order valence-electron chi connectivity index (χ3n) is 7.55.